The lowest BCUT2D eigenvalue weighted by atomic mass is 10.0. The summed E-state index contributed by atoms with van der Waals surface area (Å²) in [7, 11) is 1.62. The molecule has 68 valence electrons. The Hall–Kier alpha value is -1.51. The van der Waals surface area contributed by atoms with Crippen molar-refractivity contribution in [1.82, 2.24) is 0 Å². The fourth-order valence-electron chi connectivity index (χ4n) is 1.48. The number of hydrogen-bond donors (Lipinski definition) is 1. The Labute approximate surface area is 76.7 Å². The van der Waals surface area contributed by atoms with Gasteiger partial charge in [-0.3, -0.25) is 4.79 Å². The summed E-state index contributed by atoms with van der Waals surface area (Å²) in [6.07, 6.45) is 0.513. The van der Waals surface area contributed by atoms with E-state index in [1.54, 1.807) is 7.11 Å². The SMILES string of the molecule is COc1ccc2c(c1)CC(=O)CN2. The van der Waals surface area contributed by atoms with Crippen molar-refractivity contribution in [3.63, 3.8) is 0 Å². The van der Waals surface area contributed by atoms with Crippen molar-refractivity contribution in [2.45, 2.75) is 6.42 Å². The van der Waals surface area contributed by atoms with Gasteiger partial charge in [0, 0.05) is 12.1 Å². The normalized spacial score (nSPS) is 14.7. The van der Waals surface area contributed by atoms with E-state index in [0.717, 1.165) is 17.0 Å². The zero-order valence-electron chi connectivity index (χ0n) is 7.46. The Bertz CT molecular complexity index is 347. The van der Waals surface area contributed by atoms with Crippen LogP contribution in [0.4, 0.5) is 5.69 Å². The van der Waals surface area contributed by atoms with Crippen LogP contribution in [0.3, 0.4) is 0 Å². The molecule has 1 N–H and O–H groups in total. The number of ether oxygens (including phenoxy) is 1. The van der Waals surface area contributed by atoms with Crippen molar-refractivity contribution in [3.05, 3.63) is 23.8 Å². The molecule has 2 rings (SSSR count). The molecule has 0 saturated heterocycles. The predicted molar refractivity (Wildman–Crippen MR) is 50.2 cm³/mol. The standard InChI is InChI=1S/C10H11NO2/c1-13-9-2-3-10-7(5-9)4-8(12)6-11-10/h2-3,5,11H,4,6H2,1H3. The molecule has 1 aromatic rings. The lowest BCUT2D eigenvalue weighted by molar-refractivity contribution is -0.117. The minimum absolute atomic E-state index is 0.223. The van der Waals surface area contributed by atoms with Gasteiger partial charge in [0.15, 0.2) is 5.78 Å². The van der Waals surface area contributed by atoms with E-state index >= 15 is 0 Å². The highest BCUT2D eigenvalue weighted by atomic mass is 16.5. The molecule has 0 aliphatic carbocycles. The Morgan fingerprint density at radius 1 is 1.46 bits per heavy atom. The number of anilines is 1. The highest BCUT2D eigenvalue weighted by Crippen LogP contribution is 2.24. The van der Waals surface area contributed by atoms with Crippen molar-refractivity contribution >= 4 is 11.5 Å². The van der Waals surface area contributed by atoms with Crippen molar-refractivity contribution < 1.29 is 9.53 Å². The molecule has 0 bridgehead atoms. The summed E-state index contributed by atoms with van der Waals surface area (Å²) in [6, 6.07) is 5.74. The van der Waals surface area contributed by atoms with E-state index in [-0.39, 0.29) is 5.78 Å². The summed E-state index contributed by atoms with van der Waals surface area (Å²) in [5.41, 5.74) is 2.07. The topological polar surface area (TPSA) is 38.3 Å². The monoisotopic (exact) mass is 177 g/mol. The van der Waals surface area contributed by atoms with Crippen LogP contribution < -0.4 is 10.1 Å². The molecule has 0 atom stereocenters. The van der Waals surface area contributed by atoms with E-state index in [0.29, 0.717) is 13.0 Å². The van der Waals surface area contributed by atoms with Gasteiger partial charge in [0.2, 0.25) is 0 Å². The Morgan fingerprint density at radius 3 is 3.08 bits per heavy atom. The minimum atomic E-state index is 0.223. The molecular weight excluding hydrogens is 166 g/mol. The lowest BCUT2D eigenvalue weighted by Crippen LogP contribution is -2.22. The minimum Gasteiger partial charge on any atom is -0.497 e. The maximum atomic E-state index is 11.1. The molecule has 1 aromatic carbocycles. The number of ketones is 1. The fraction of sp³-hybridized carbons (Fsp3) is 0.300. The summed E-state index contributed by atoms with van der Waals surface area (Å²) in [5, 5.41) is 3.06. The van der Waals surface area contributed by atoms with E-state index in [4.69, 9.17) is 4.74 Å². The first kappa shape index (κ1) is 8.10. The molecule has 0 spiro atoms. The summed E-state index contributed by atoms with van der Waals surface area (Å²) < 4.78 is 5.08. The molecular formula is C10H11NO2. The van der Waals surface area contributed by atoms with E-state index in [9.17, 15) is 4.79 Å². The predicted octanol–water partition coefficient (Wildman–Crippen LogP) is 1.23. The Morgan fingerprint density at radius 2 is 2.31 bits per heavy atom. The number of fused-ring (bicyclic) bond motifs is 1. The van der Waals surface area contributed by atoms with Crippen LogP contribution in [0.25, 0.3) is 0 Å². The summed E-state index contributed by atoms with van der Waals surface area (Å²) in [5.74, 6) is 1.02. The highest BCUT2D eigenvalue weighted by Gasteiger charge is 2.14. The zero-order chi connectivity index (χ0) is 9.26. The van der Waals surface area contributed by atoms with Gasteiger partial charge in [-0.25, -0.2) is 0 Å². The summed E-state index contributed by atoms with van der Waals surface area (Å²) in [6.45, 7) is 0.444. The number of Topliss-reactive ketones (excluding diaryl/α,β-unsaturated/α-hetero) is 1. The molecule has 1 aliphatic heterocycles. The van der Waals surface area contributed by atoms with Crippen LogP contribution in [-0.4, -0.2) is 19.4 Å². The highest BCUT2D eigenvalue weighted by molar-refractivity contribution is 5.89. The first-order valence-electron chi connectivity index (χ1n) is 4.22. The third-order valence-corrected chi connectivity index (χ3v) is 2.18. The van der Waals surface area contributed by atoms with Gasteiger partial charge < -0.3 is 10.1 Å². The van der Waals surface area contributed by atoms with Crippen molar-refractivity contribution in [2.75, 3.05) is 19.0 Å². The molecule has 13 heavy (non-hydrogen) atoms. The van der Waals surface area contributed by atoms with Gasteiger partial charge in [-0.2, -0.15) is 0 Å². The third kappa shape index (κ3) is 1.49. The van der Waals surface area contributed by atoms with E-state index in [1.165, 1.54) is 0 Å². The molecule has 0 unspecified atom stereocenters. The zero-order valence-corrected chi connectivity index (χ0v) is 7.46. The van der Waals surface area contributed by atoms with Crippen molar-refractivity contribution in [3.8, 4) is 5.75 Å². The molecule has 0 saturated carbocycles. The van der Waals surface area contributed by atoms with E-state index in [2.05, 4.69) is 5.32 Å². The molecule has 3 nitrogen and oxygen atoms in total. The molecule has 0 radical (unpaired) electrons. The van der Waals surface area contributed by atoms with Crippen molar-refractivity contribution in [1.29, 1.82) is 0 Å². The summed E-state index contributed by atoms with van der Waals surface area (Å²) in [4.78, 5) is 11.1. The quantitative estimate of drug-likeness (QED) is 0.701. The van der Waals surface area contributed by atoms with E-state index in [1.807, 2.05) is 18.2 Å². The van der Waals surface area contributed by atoms with Crippen LogP contribution in [0.1, 0.15) is 5.56 Å². The molecule has 1 aliphatic rings. The van der Waals surface area contributed by atoms with Crippen LogP contribution >= 0.6 is 0 Å². The number of carbonyl (C=O) groups excluding carboxylic acids is 1. The second-order valence-corrected chi connectivity index (χ2v) is 3.09. The van der Waals surface area contributed by atoms with Gasteiger partial charge in [-0.1, -0.05) is 0 Å². The number of rotatable bonds is 1. The second-order valence-electron chi connectivity index (χ2n) is 3.09. The van der Waals surface area contributed by atoms with Crippen molar-refractivity contribution in [2.24, 2.45) is 0 Å². The van der Waals surface area contributed by atoms with Gasteiger partial charge in [0.1, 0.15) is 5.75 Å². The van der Waals surface area contributed by atoms with Crippen LogP contribution in [0.5, 0.6) is 5.75 Å². The average Bonchev–Trinajstić information content (AvgIpc) is 2.16. The molecule has 0 aromatic heterocycles. The molecule has 0 fully saturated rings. The number of benzene rings is 1. The third-order valence-electron chi connectivity index (χ3n) is 2.18. The lowest BCUT2D eigenvalue weighted by Gasteiger charge is -2.17. The summed E-state index contributed by atoms with van der Waals surface area (Å²) >= 11 is 0. The Balaban J connectivity index is 2.38. The molecule has 3 heteroatoms. The van der Waals surface area contributed by atoms with Crippen LogP contribution in [0.15, 0.2) is 18.2 Å². The number of nitrogens with one attached hydrogen (secondary N) is 1. The van der Waals surface area contributed by atoms with E-state index < -0.39 is 0 Å². The maximum Gasteiger partial charge on any atom is 0.156 e. The number of methoxy groups -OCH3 is 1. The molecule has 0 amide bonds. The largest absolute Gasteiger partial charge is 0.497 e. The van der Waals surface area contributed by atoms with Gasteiger partial charge in [-0.15, -0.1) is 0 Å². The first-order valence-corrected chi connectivity index (χ1v) is 4.22. The smallest absolute Gasteiger partial charge is 0.156 e. The van der Waals surface area contributed by atoms with Gasteiger partial charge in [-0.05, 0) is 23.8 Å². The second kappa shape index (κ2) is 3.09. The van der Waals surface area contributed by atoms with Crippen LogP contribution in [-0.2, 0) is 11.2 Å². The van der Waals surface area contributed by atoms with Gasteiger partial charge in [0.05, 0.1) is 13.7 Å². The number of carbonyl (C=O) groups is 1. The fourth-order valence-corrected chi connectivity index (χ4v) is 1.48. The first-order chi connectivity index (χ1) is 6.29. The Kier molecular flexibility index (Phi) is 1.93. The average molecular weight is 177 g/mol. The maximum absolute atomic E-state index is 11.1. The van der Waals surface area contributed by atoms with Gasteiger partial charge in [0.25, 0.3) is 0 Å². The molecule has 1 heterocycles. The van der Waals surface area contributed by atoms with Crippen LogP contribution in [0, 0.1) is 0 Å². The van der Waals surface area contributed by atoms with Gasteiger partial charge >= 0.3 is 0 Å². The number of hydrogen-bond acceptors (Lipinski definition) is 3. The van der Waals surface area contributed by atoms with Crippen LogP contribution in [0.2, 0.25) is 0 Å².